The topological polar surface area (TPSA) is 38.9 Å². The van der Waals surface area contributed by atoms with E-state index in [1.165, 1.54) is 5.56 Å². The van der Waals surface area contributed by atoms with Crippen molar-refractivity contribution in [2.24, 2.45) is 0 Å². The molecule has 0 fully saturated rings. The maximum atomic E-state index is 5.59. The SMILES string of the molecule is Cc1cc(-c2nnc(CCCl)o2)sc1Br. The van der Waals surface area contributed by atoms with Gasteiger partial charge in [0.25, 0.3) is 5.89 Å². The maximum Gasteiger partial charge on any atom is 0.257 e. The molecule has 0 unspecified atom stereocenters. The summed E-state index contributed by atoms with van der Waals surface area (Å²) in [6.45, 7) is 2.03. The monoisotopic (exact) mass is 306 g/mol. The van der Waals surface area contributed by atoms with Crippen LogP contribution in [0.3, 0.4) is 0 Å². The van der Waals surface area contributed by atoms with E-state index in [1.54, 1.807) is 11.3 Å². The smallest absolute Gasteiger partial charge is 0.257 e. The van der Waals surface area contributed by atoms with E-state index >= 15 is 0 Å². The Balaban J connectivity index is 2.28. The summed E-state index contributed by atoms with van der Waals surface area (Å²) in [5, 5.41) is 7.89. The molecule has 0 amide bonds. The highest BCUT2D eigenvalue weighted by Crippen LogP contribution is 2.33. The summed E-state index contributed by atoms with van der Waals surface area (Å²) in [5.41, 5.74) is 1.17. The first-order chi connectivity index (χ1) is 7.20. The zero-order chi connectivity index (χ0) is 10.8. The van der Waals surface area contributed by atoms with Crippen LogP contribution in [-0.2, 0) is 6.42 Å². The maximum absolute atomic E-state index is 5.59. The quantitative estimate of drug-likeness (QED) is 0.813. The van der Waals surface area contributed by atoms with E-state index < -0.39 is 0 Å². The lowest BCUT2D eigenvalue weighted by Crippen LogP contribution is -1.84. The number of aryl methyl sites for hydroxylation is 2. The lowest BCUT2D eigenvalue weighted by Gasteiger charge is -1.86. The summed E-state index contributed by atoms with van der Waals surface area (Å²) in [6, 6.07) is 2.02. The molecule has 0 bridgehead atoms. The van der Waals surface area contributed by atoms with Gasteiger partial charge in [-0.25, -0.2) is 0 Å². The van der Waals surface area contributed by atoms with E-state index in [0.29, 0.717) is 24.1 Å². The van der Waals surface area contributed by atoms with Gasteiger partial charge in [0.1, 0.15) is 0 Å². The van der Waals surface area contributed by atoms with Crippen LogP contribution in [0.25, 0.3) is 10.8 Å². The second-order valence-electron chi connectivity index (χ2n) is 3.01. The van der Waals surface area contributed by atoms with Crippen LogP contribution in [0, 0.1) is 6.92 Å². The van der Waals surface area contributed by atoms with Crippen LogP contribution < -0.4 is 0 Å². The Labute approximate surface area is 105 Å². The van der Waals surface area contributed by atoms with Crippen molar-refractivity contribution in [3.8, 4) is 10.8 Å². The first kappa shape index (κ1) is 11.1. The second kappa shape index (κ2) is 4.63. The second-order valence-corrected chi connectivity index (χ2v) is 5.76. The zero-order valence-electron chi connectivity index (χ0n) is 7.96. The van der Waals surface area contributed by atoms with Gasteiger partial charge in [-0.05, 0) is 34.5 Å². The highest BCUT2D eigenvalue weighted by molar-refractivity contribution is 9.11. The van der Waals surface area contributed by atoms with Gasteiger partial charge < -0.3 is 4.42 Å². The third-order valence-corrected chi connectivity index (χ3v) is 4.16. The van der Waals surface area contributed by atoms with Crippen LogP contribution in [0.2, 0.25) is 0 Å². The minimum Gasteiger partial charge on any atom is -0.420 e. The third-order valence-electron chi connectivity index (χ3n) is 1.84. The van der Waals surface area contributed by atoms with E-state index in [1.807, 2.05) is 13.0 Å². The highest BCUT2D eigenvalue weighted by Gasteiger charge is 2.12. The van der Waals surface area contributed by atoms with E-state index in [2.05, 4.69) is 26.1 Å². The number of aromatic nitrogens is 2. The van der Waals surface area contributed by atoms with Crippen LogP contribution in [0.4, 0.5) is 0 Å². The minimum atomic E-state index is 0.495. The lowest BCUT2D eigenvalue weighted by molar-refractivity contribution is 0.515. The lowest BCUT2D eigenvalue weighted by atomic mass is 10.3. The fourth-order valence-corrected chi connectivity index (χ4v) is 2.72. The number of hydrogen-bond acceptors (Lipinski definition) is 4. The summed E-state index contributed by atoms with van der Waals surface area (Å²) >= 11 is 10.6. The van der Waals surface area contributed by atoms with Gasteiger partial charge in [-0.15, -0.1) is 33.1 Å². The molecule has 0 radical (unpaired) electrons. The van der Waals surface area contributed by atoms with E-state index in [4.69, 9.17) is 16.0 Å². The largest absolute Gasteiger partial charge is 0.420 e. The van der Waals surface area contributed by atoms with Gasteiger partial charge in [0.05, 0.1) is 8.66 Å². The van der Waals surface area contributed by atoms with Gasteiger partial charge in [-0.1, -0.05) is 0 Å². The Morgan fingerprint density at radius 2 is 2.33 bits per heavy atom. The first-order valence-corrected chi connectivity index (χ1v) is 6.49. The summed E-state index contributed by atoms with van der Waals surface area (Å²) in [5.74, 6) is 1.64. The molecule has 0 aliphatic heterocycles. The van der Waals surface area contributed by atoms with Crippen molar-refractivity contribution in [3.63, 3.8) is 0 Å². The van der Waals surface area contributed by atoms with Crippen molar-refractivity contribution < 1.29 is 4.42 Å². The van der Waals surface area contributed by atoms with Gasteiger partial charge in [0.15, 0.2) is 0 Å². The van der Waals surface area contributed by atoms with Gasteiger partial charge in [0.2, 0.25) is 5.89 Å². The molecule has 0 atom stereocenters. The average Bonchev–Trinajstić information content (AvgIpc) is 2.76. The van der Waals surface area contributed by atoms with Crippen LogP contribution in [-0.4, -0.2) is 16.1 Å². The average molecular weight is 308 g/mol. The molecule has 0 saturated heterocycles. The molecule has 80 valence electrons. The summed E-state index contributed by atoms with van der Waals surface area (Å²) < 4.78 is 6.55. The number of alkyl halides is 1. The van der Waals surface area contributed by atoms with E-state index in [0.717, 1.165) is 8.66 Å². The van der Waals surface area contributed by atoms with Crippen molar-refractivity contribution in [2.75, 3.05) is 5.88 Å². The van der Waals surface area contributed by atoms with Crippen molar-refractivity contribution in [2.45, 2.75) is 13.3 Å². The predicted octanol–water partition coefficient (Wildman–Crippen LogP) is 3.65. The van der Waals surface area contributed by atoms with Crippen LogP contribution >= 0.6 is 38.9 Å². The van der Waals surface area contributed by atoms with Crippen LogP contribution in [0.5, 0.6) is 0 Å². The fraction of sp³-hybridized carbons (Fsp3) is 0.333. The number of nitrogens with zero attached hydrogens (tertiary/aromatic N) is 2. The summed E-state index contributed by atoms with van der Waals surface area (Å²) in [6.07, 6.45) is 0.611. The Hall–Kier alpha value is -0.390. The molecule has 2 rings (SSSR count). The van der Waals surface area contributed by atoms with Crippen molar-refractivity contribution in [3.05, 3.63) is 21.3 Å². The molecular weight excluding hydrogens is 300 g/mol. The van der Waals surface area contributed by atoms with Gasteiger partial charge in [-0.2, -0.15) is 0 Å². The van der Waals surface area contributed by atoms with Crippen molar-refractivity contribution in [1.29, 1.82) is 0 Å². The molecule has 0 N–H and O–H groups in total. The Morgan fingerprint density at radius 3 is 2.93 bits per heavy atom. The molecule has 0 spiro atoms. The van der Waals surface area contributed by atoms with Crippen LogP contribution in [0.15, 0.2) is 14.3 Å². The molecule has 6 heteroatoms. The Bertz CT molecular complexity index is 449. The minimum absolute atomic E-state index is 0.495. The number of hydrogen-bond donors (Lipinski definition) is 0. The highest BCUT2D eigenvalue weighted by atomic mass is 79.9. The number of thiophene rings is 1. The Kier molecular flexibility index (Phi) is 3.43. The molecule has 2 aromatic heterocycles. The van der Waals surface area contributed by atoms with Crippen LogP contribution in [0.1, 0.15) is 11.5 Å². The normalized spacial score (nSPS) is 10.9. The van der Waals surface area contributed by atoms with Gasteiger partial charge >= 0.3 is 0 Å². The van der Waals surface area contributed by atoms with Crippen molar-refractivity contribution in [1.82, 2.24) is 10.2 Å². The third kappa shape index (κ3) is 2.41. The molecule has 0 saturated carbocycles. The molecule has 2 aromatic rings. The fourth-order valence-electron chi connectivity index (χ4n) is 1.10. The molecule has 0 aromatic carbocycles. The first-order valence-electron chi connectivity index (χ1n) is 4.35. The molecule has 2 heterocycles. The predicted molar refractivity (Wildman–Crippen MR) is 64.5 cm³/mol. The molecule has 3 nitrogen and oxygen atoms in total. The van der Waals surface area contributed by atoms with E-state index in [9.17, 15) is 0 Å². The summed E-state index contributed by atoms with van der Waals surface area (Å²) in [7, 11) is 0. The number of halogens is 2. The molecular formula is C9H8BrClN2OS. The molecule has 0 aliphatic rings. The van der Waals surface area contributed by atoms with Gasteiger partial charge in [-0.3, -0.25) is 0 Å². The molecule has 15 heavy (non-hydrogen) atoms. The van der Waals surface area contributed by atoms with E-state index in [-0.39, 0.29) is 0 Å². The van der Waals surface area contributed by atoms with Gasteiger partial charge in [0, 0.05) is 12.3 Å². The van der Waals surface area contributed by atoms with Crippen molar-refractivity contribution >= 4 is 38.9 Å². The molecule has 0 aliphatic carbocycles. The zero-order valence-corrected chi connectivity index (χ0v) is 11.1. The standard InChI is InChI=1S/C9H8BrClN2OS/c1-5-4-6(15-8(5)10)9-13-12-7(14-9)2-3-11/h4H,2-3H2,1H3. The summed E-state index contributed by atoms with van der Waals surface area (Å²) in [4.78, 5) is 0.979. The Morgan fingerprint density at radius 1 is 1.53 bits per heavy atom. The number of rotatable bonds is 3.